The van der Waals surface area contributed by atoms with E-state index < -0.39 is 5.97 Å². The quantitative estimate of drug-likeness (QED) is 0.472. The fourth-order valence-corrected chi connectivity index (χ4v) is 1.35. The van der Waals surface area contributed by atoms with Crippen LogP contribution in [-0.2, 0) is 16.6 Å². The van der Waals surface area contributed by atoms with E-state index in [9.17, 15) is 9.59 Å². The monoisotopic (exact) mass is 251 g/mol. The van der Waals surface area contributed by atoms with Crippen LogP contribution in [0.5, 0.6) is 0 Å². The summed E-state index contributed by atoms with van der Waals surface area (Å²) in [6.07, 6.45) is 1.64. The number of hydrogen-bond donors (Lipinski definition) is 1. The molecule has 1 aromatic heterocycles. The van der Waals surface area contributed by atoms with Crippen molar-refractivity contribution in [2.45, 2.75) is 13.8 Å². The van der Waals surface area contributed by atoms with Crippen molar-refractivity contribution in [1.29, 1.82) is 0 Å². The number of hydrogen-bond acceptors (Lipinski definition) is 4. The fourth-order valence-electron chi connectivity index (χ4n) is 1.35. The van der Waals surface area contributed by atoms with E-state index in [0.29, 0.717) is 16.8 Å². The van der Waals surface area contributed by atoms with Crippen molar-refractivity contribution in [2.24, 2.45) is 7.05 Å². The molecule has 1 aromatic rings. The van der Waals surface area contributed by atoms with Gasteiger partial charge in [-0.15, -0.1) is 0 Å². The number of aromatic nitrogens is 2. The summed E-state index contributed by atoms with van der Waals surface area (Å²) in [4.78, 5) is 22.8. The number of ether oxygens (including phenoxy) is 1. The zero-order valence-corrected chi connectivity index (χ0v) is 10.8. The van der Waals surface area contributed by atoms with Gasteiger partial charge >= 0.3 is 5.97 Å². The Morgan fingerprint density at radius 3 is 2.72 bits per heavy atom. The van der Waals surface area contributed by atoms with Gasteiger partial charge in [-0.3, -0.25) is 9.48 Å². The van der Waals surface area contributed by atoms with Crippen molar-refractivity contribution >= 4 is 11.9 Å². The first-order valence-electron chi connectivity index (χ1n) is 5.53. The third-order valence-corrected chi connectivity index (χ3v) is 2.23. The van der Waals surface area contributed by atoms with E-state index in [-0.39, 0.29) is 19.1 Å². The molecule has 1 amide bonds. The van der Waals surface area contributed by atoms with Crippen molar-refractivity contribution in [3.63, 3.8) is 0 Å². The van der Waals surface area contributed by atoms with Crippen LogP contribution in [-0.4, -0.2) is 34.8 Å². The summed E-state index contributed by atoms with van der Waals surface area (Å²) in [5.41, 5.74) is 1.52. The molecule has 1 heterocycles. The third kappa shape index (κ3) is 3.73. The first-order chi connectivity index (χ1) is 8.41. The first-order valence-corrected chi connectivity index (χ1v) is 5.53. The van der Waals surface area contributed by atoms with Crippen molar-refractivity contribution < 1.29 is 14.3 Å². The lowest BCUT2D eigenvalue weighted by atomic mass is 10.2. The molecule has 0 aliphatic heterocycles. The predicted octanol–water partition coefficient (Wildman–Crippen LogP) is 0.578. The maximum Gasteiger partial charge on any atom is 0.333 e. The van der Waals surface area contributed by atoms with E-state index in [0.717, 1.165) is 0 Å². The van der Waals surface area contributed by atoms with Crippen LogP contribution in [0.1, 0.15) is 23.0 Å². The molecule has 0 aliphatic rings. The van der Waals surface area contributed by atoms with Gasteiger partial charge < -0.3 is 10.1 Å². The second-order valence-corrected chi connectivity index (χ2v) is 3.97. The molecule has 0 spiro atoms. The molecule has 1 N–H and O–H groups in total. The van der Waals surface area contributed by atoms with E-state index in [1.807, 2.05) is 0 Å². The molecule has 18 heavy (non-hydrogen) atoms. The van der Waals surface area contributed by atoms with Crippen LogP contribution in [0.4, 0.5) is 0 Å². The molecule has 6 nitrogen and oxygen atoms in total. The number of amides is 1. The zero-order chi connectivity index (χ0) is 13.7. The van der Waals surface area contributed by atoms with Gasteiger partial charge in [0, 0.05) is 18.8 Å². The minimum absolute atomic E-state index is 0.122. The minimum atomic E-state index is -0.457. The topological polar surface area (TPSA) is 73.2 Å². The SMILES string of the molecule is C=C(C)C(=O)OCCNC(=O)c1cn(C)nc1C. The number of nitrogens with zero attached hydrogens (tertiary/aromatic N) is 2. The Morgan fingerprint density at radius 1 is 1.56 bits per heavy atom. The van der Waals surface area contributed by atoms with Crippen LogP contribution in [0, 0.1) is 6.92 Å². The average molecular weight is 251 g/mol. The summed E-state index contributed by atoms with van der Waals surface area (Å²) >= 11 is 0. The Morgan fingerprint density at radius 2 is 2.22 bits per heavy atom. The summed E-state index contributed by atoms with van der Waals surface area (Å²) in [7, 11) is 1.75. The lowest BCUT2D eigenvalue weighted by molar-refractivity contribution is -0.138. The number of rotatable bonds is 5. The Kier molecular flexibility index (Phi) is 4.65. The highest BCUT2D eigenvalue weighted by Crippen LogP contribution is 2.03. The smallest absolute Gasteiger partial charge is 0.333 e. The van der Waals surface area contributed by atoms with Gasteiger partial charge in [-0.25, -0.2) is 4.79 Å². The molecular formula is C12H17N3O3. The van der Waals surface area contributed by atoms with Gasteiger partial charge in [0.1, 0.15) is 6.61 Å². The van der Waals surface area contributed by atoms with Crippen LogP contribution in [0.15, 0.2) is 18.3 Å². The lowest BCUT2D eigenvalue weighted by Gasteiger charge is -2.05. The van der Waals surface area contributed by atoms with E-state index in [2.05, 4.69) is 17.0 Å². The summed E-state index contributed by atoms with van der Waals surface area (Å²) in [5, 5.41) is 6.72. The molecule has 0 radical (unpaired) electrons. The molecule has 0 saturated heterocycles. The molecule has 0 aromatic carbocycles. The second kappa shape index (κ2) is 6.00. The minimum Gasteiger partial charge on any atom is -0.460 e. The molecule has 0 aliphatic carbocycles. The van der Waals surface area contributed by atoms with Crippen LogP contribution in [0.25, 0.3) is 0 Å². The summed E-state index contributed by atoms with van der Waals surface area (Å²) in [6, 6.07) is 0. The highest BCUT2D eigenvalue weighted by molar-refractivity contribution is 5.95. The van der Waals surface area contributed by atoms with Gasteiger partial charge in [0.15, 0.2) is 0 Å². The molecule has 0 fully saturated rings. The molecule has 0 bridgehead atoms. The van der Waals surface area contributed by atoms with Crippen molar-refractivity contribution in [3.05, 3.63) is 29.6 Å². The number of nitrogens with one attached hydrogen (secondary N) is 1. The maximum absolute atomic E-state index is 11.7. The predicted molar refractivity (Wildman–Crippen MR) is 66.1 cm³/mol. The molecule has 0 atom stereocenters. The largest absolute Gasteiger partial charge is 0.460 e. The fraction of sp³-hybridized carbons (Fsp3) is 0.417. The summed E-state index contributed by atoms with van der Waals surface area (Å²) in [5.74, 6) is -0.686. The average Bonchev–Trinajstić information content (AvgIpc) is 2.63. The number of carbonyl (C=O) groups excluding carboxylic acids is 2. The highest BCUT2D eigenvalue weighted by atomic mass is 16.5. The van der Waals surface area contributed by atoms with Gasteiger partial charge in [-0.1, -0.05) is 6.58 Å². The Labute approximate surface area is 106 Å². The number of aryl methyl sites for hydroxylation is 2. The summed E-state index contributed by atoms with van der Waals surface area (Å²) in [6.45, 7) is 7.17. The molecule has 0 unspecified atom stereocenters. The third-order valence-electron chi connectivity index (χ3n) is 2.23. The zero-order valence-electron chi connectivity index (χ0n) is 10.8. The lowest BCUT2D eigenvalue weighted by Crippen LogP contribution is -2.28. The molecule has 6 heteroatoms. The van der Waals surface area contributed by atoms with Gasteiger partial charge in [0.05, 0.1) is 17.8 Å². The standard InChI is InChI=1S/C12H17N3O3/c1-8(2)12(17)18-6-5-13-11(16)10-7-15(4)14-9(10)3/h7H,1,5-6H2,2-4H3,(H,13,16). The van der Waals surface area contributed by atoms with E-state index in [1.165, 1.54) is 0 Å². The molecular weight excluding hydrogens is 234 g/mol. The highest BCUT2D eigenvalue weighted by Gasteiger charge is 2.11. The van der Waals surface area contributed by atoms with Crippen molar-refractivity contribution in [3.8, 4) is 0 Å². The van der Waals surface area contributed by atoms with Crippen LogP contribution in [0.2, 0.25) is 0 Å². The van der Waals surface area contributed by atoms with Gasteiger partial charge in [-0.05, 0) is 13.8 Å². The van der Waals surface area contributed by atoms with Crippen LogP contribution >= 0.6 is 0 Å². The van der Waals surface area contributed by atoms with Crippen molar-refractivity contribution in [2.75, 3.05) is 13.2 Å². The Balaban J connectivity index is 2.36. The van der Waals surface area contributed by atoms with Crippen molar-refractivity contribution in [1.82, 2.24) is 15.1 Å². The summed E-state index contributed by atoms with van der Waals surface area (Å²) < 4.78 is 6.43. The van der Waals surface area contributed by atoms with Crippen LogP contribution < -0.4 is 5.32 Å². The van der Waals surface area contributed by atoms with E-state index >= 15 is 0 Å². The number of carbonyl (C=O) groups is 2. The Hall–Kier alpha value is -2.11. The Bertz CT molecular complexity index is 477. The molecule has 1 rings (SSSR count). The normalized spacial score (nSPS) is 9.94. The van der Waals surface area contributed by atoms with Crippen LogP contribution in [0.3, 0.4) is 0 Å². The van der Waals surface area contributed by atoms with E-state index in [1.54, 1.807) is 31.8 Å². The molecule has 0 saturated carbocycles. The van der Waals surface area contributed by atoms with Gasteiger partial charge in [-0.2, -0.15) is 5.10 Å². The second-order valence-electron chi connectivity index (χ2n) is 3.97. The van der Waals surface area contributed by atoms with E-state index in [4.69, 9.17) is 4.74 Å². The van der Waals surface area contributed by atoms with Gasteiger partial charge in [0.25, 0.3) is 5.91 Å². The van der Waals surface area contributed by atoms with Gasteiger partial charge in [0.2, 0.25) is 0 Å². The maximum atomic E-state index is 11.7. The first kappa shape index (κ1) is 14.0. The molecule has 98 valence electrons. The number of esters is 1.